The lowest BCUT2D eigenvalue weighted by Crippen LogP contribution is -2.34. The van der Waals surface area contributed by atoms with Gasteiger partial charge in [-0.25, -0.2) is 8.42 Å². The van der Waals surface area contributed by atoms with Gasteiger partial charge in [0, 0.05) is 19.8 Å². The maximum absolute atomic E-state index is 11.0. The number of hydrogen-bond acceptors (Lipinski definition) is 3. The summed E-state index contributed by atoms with van der Waals surface area (Å²) in [5.74, 6) is 0.187. The molecule has 0 radical (unpaired) electrons. The van der Waals surface area contributed by atoms with Crippen LogP contribution in [0.4, 0.5) is 0 Å². The first-order valence-corrected chi connectivity index (χ1v) is 6.01. The van der Waals surface area contributed by atoms with Gasteiger partial charge in [0.1, 0.15) is 0 Å². The zero-order valence-electron chi connectivity index (χ0n) is 7.57. The van der Waals surface area contributed by atoms with Crippen LogP contribution >= 0.6 is 12.2 Å². The topological polar surface area (TPSA) is 49.4 Å². The van der Waals surface area contributed by atoms with Crippen molar-refractivity contribution in [3.63, 3.8) is 0 Å². The van der Waals surface area contributed by atoms with Gasteiger partial charge in [-0.1, -0.05) is 0 Å². The maximum Gasteiger partial charge on any atom is 0.172 e. The summed E-state index contributed by atoms with van der Waals surface area (Å²) in [7, 11) is 0.710. The molecule has 4 nitrogen and oxygen atoms in total. The summed E-state index contributed by atoms with van der Waals surface area (Å²) >= 11 is 4.97. The lowest BCUT2D eigenvalue weighted by molar-refractivity contribution is 0.600. The van der Waals surface area contributed by atoms with Crippen LogP contribution in [-0.2, 0) is 9.84 Å². The lowest BCUT2D eigenvalue weighted by atomic mass is 10.5. The number of thiocarbonyl (C=S) groups is 1. The standard InChI is InChI=1S/C7H12N2O2S2/c1-9(2)7(12)8-6-3-4-13(10,11)5-6/h3H,4-5H2,1-2H3,(H,8,12). The highest BCUT2D eigenvalue weighted by atomic mass is 32.2. The van der Waals surface area contributed by atoms with Crippen molar-refractivity contribution in [3.8, 4) is 0 Å². The van der Waals surface area contributed by atoms with Gasteiger partial charge in [-0.05, 0) is 18.3 Å². The molecule has 0 atom stereocenters. The molecule has 0 saturated carbocycles. The van der Waals surface area contributed by atoms with Crippen LogP contribution in [0.3, 0.4) is 0 Å². The van der Waals surface area contributed by atoms with E-state index >= 15 is 0 Å². The van der Waals surface area contributed by atoms with Crippen LogP contribution in [0.5, 0.6) is 0 Å². The second kappa shape index (κ2) is 3.63. The predicted octanol–water partition coefficient (Wildman–Crippen LogP) is -0.265. The van der Waals surface area contributed by atoms with Crippen LogP contribution in [0.2, 0.25) is 0 Å². The molecule has 1 heterocycles. The second-order valence-corrected chi connectivity index (χ2v) is 5.60. The van der Waals surface area contributed by atoms with Gasteiger partial charge in [-0.2, -0.15) is 0 Å². The Morgan fingerprint density at radius 3 is 2.62 bits per heavy atom. The summed E-state index contributed by atoms with van der Waals surface area (Å²) in [5.41, 5.74) is 0.679. The van der Waals surface area contributed by atoms with Crippen molar-refractivity contribution in [2.45, 2.75) is 0 Å². The van der Waals surface area contributed by atoms with Gasteiger partial charge >= 0.3 is 0 Å². The molecule has 0 aromatic heterocycles. The maximum atomic E-state index is 11.0. The highest BCUT2D eigenvalue weighted by Crippen LogP contribution is 2.08. The van der Waals surface area contributed by atoms with Gasteiger partial charge in [-0.15, -0.1) is 0 Å². The van der Waals surface area contributed by atoms with Gasteiger partial charge in [0.2, 0.25) is 0 Å². The predicted molar refractivity (Wildman–Crippen MR) is 56.2 cm³/mol. The number of hydrogen-bond donors (Lipinski definition) is 1. The smallest absolute Gasteiger partial charge is 0.172 e. The van der Waals surface area contributed by atoms with Crippen molar-refractivity contribution < 1.29 is 8.42 Å². The minimum atomic E-state index is -2.90. The van der Waals surface area contributed by atoms with Gasteiger partial charge in [0.25, 0.3) is 0 Å². The molecule has 0 aliphatic carbocycles. The first kappa shape index (κ1) is 10.5. The molecule has 0 aromatic carbocycles. The van der Waals surface area contributed by atoms with Crippen LogP contribution < -0.4 is 5.32 Å². The van der Waals surface area contributed by atoms with E-state index in [2.05, 4.69) is 5.32 Å². The molecule has 0 spiro atoms. The number of rotatable bonds is 1. The first-order chi connectivity index (χ1) is 5.91. The Kier molecular flexibility index (Phi) is 2.92. The molecule has 0 aromatic rings. The summed E-state index contributed by atoms with van der Waals surface area (Å²) < 4.78 is 22.1. The van der Waals surface area contributed by atoms with Crippen LogP contribution in [0.15, 0.2) is 11.8 Å². The van der Waals surface area contributed by atoms with E-state index in [1.807, 2.05) is 0 Å². The van der Waals surface area contributed by atoms with Crippen LogP contribution in [0.25, 0.3) is 0 Å². The fraction of sp³-hybridized carbons (Fsp3) is 0.571. The third-order valence-corrected chi connectivity index (χ3v) is 3.53. The Hall–Kier alpha value is -0.620. The first-order valence-electron chi connectivity index (χ1n) is 3.78. The van der Waals surface area contributed by atoms with E-state index in [9.17, 15) is 8.42 Å². The fourth-order valence-corrected chi connectivity index (χ4v) is 2.29. The highest BCUT2D eigenvalue weighted by molar-refractivity contribution is 7.92. The molecule has 74 valence electrons. The zero-order chi connectivity index (χ0) is 10.1. The summed E-state index contributed by atoms with van der Waals surface area (Å²) in [6.07, 6.45) is 1.66. The van der Waals surface area contributed by atoms with E-state index in [1.54, 1.807) is 25.1 Å². The molecule has 0 fully saturated rings. The molecule has 0 bridgehead atoms. The third kappa shape index (κ3) is 2.96. The Labute approximate surface area is 83.5 Å². The Morgan fingerprint density at radius 1 is 1.62 bits per heavy atom. The molecule has 0 saturated heterocycles. The van der Waals surface area contributed by atoms with Crippen LogP contribution in [0.1, 0.15) is 0 Å². The average Bonchev–Trinajstić information content (AvgIpc) is 2.30. The second-order valence-electron chi connectivity index (χ2n) is 3.11. The minimum Gasteiger partial charge on any atom is -0.355 e. The molecule has 1 aliphatic heterocycles. The van der Waals surface area contributed by atoms with Gasteiger partial charge in [0.15, 0.2) is 14.9 Å². The molecule has 0 unspecified atom stereocenters. The molecular formula is C7H12N2O2S2. The van der Waals surface area contributed by atoms with Crippen molar-refractivity contribution in [1.29, 1.82) is 0 Å². The molecule has 0 amide bonds. The van der Waals surface area contributed by atoms with Crippen molar-refractivity contribution in [2.24, 2.45) is 0 Å². The molecular weight excluding hydrogens is 208 g/mol. The van der Waals surface area contributed by atoms with E-state index in [-0.39, 0.29) is 11.5 Å². The van der Waals surface area contributed by atoms with E-state index in [0.717, 1.165) is 0 Å². The van der Waals surface area contributed by atoms with Crippen molar-refractivity contribution in [1.82, 2.24) is 10.2 Å². The van der Waals surface area contributed by atoms with Crippen LogP contribution in [0, 0.1) is 0 Å². The summed E-state index contributed by atoms with van der Waals surface area (Å²) in [6.45, 7) is 0. The number of nitrogens with zero attached hydrogens (tertiary/aromatic N) is 1. The normalized spacial score (nSPS) is 19.4. The largest absolute Gasteiger partial charge is 0.355 e. The summed E-state index contributed by atoms with van der Waals surface area (Å²) in [5, 5.41) is 3.40. The van der Waals surface area contributed by atoms with Gasteiger partial charge in [0.05, 0.1) is 11.5 Å². The molecule has 1 aliphatic rings. The number of nitrogens with one attached hydrogen (secondary N) is 1. The summed E-state index contributed by atoms with van der Waals surface area (Å²) in [4.78, 5) is 1.72. The average molecular weight is 220 g/mol. The zero-order valence-corrected chi connectivity index (χ0v) is 9.20. The summed E-state index contributed by atoms with van der Waals surface area (Å²) in [6, 6.07) is 0. The molecule has 1 N–H and O–H groups in total. The Balaban J connectivity index is 2.55. The van der Waals surface area contributed by atoms with E-state index in [1.165, 1.54) is 0 Å². The van der Waals surface area contributed by atoms with Gasteiger partial charge in [-0.3, -0.25) is 0 Å². The third-order valence-electron chi connectivity index (χ3n) is 1.63. The van der Waals surface area contributed by atoms with E-state index in [0.29, 0.717) is 10.8 Å². The van der Waals surface area contributed by atoms with Gasteiger partial charge < -0.3 is 10.2 Å². The monoisotopic (exact) mass is 220 g/mol. The highest BCUT2D eigenvalue weighted by Gasteiger charge is 2.20. The Bertz CT molecular complexity index is 344. The fourth-order valence-electron chi connectivity index (χ4n) is 0.919. The lowest BCUT2D eigenvalue weighted by Gasteiger charge is -2.15. The molecule has 13 heavy (non-hydrogen) atoms. The van der Waals surface area contributed by atoms with E-state index < -0.39 is 9.84 Å². The molecule has 1 rings (SSSR count). The quantitative estimate of drug-likeness (QED) is 0.617. The van der Waals surface area contributed by atoms with Crippen molar-refractivity contribution >= 4 is 27.2 Å². The van der Waals surface area contributed by atoms with Crippen molar-refractivity contribution in [2.75, 3.05) is 25.6 Å². The van der Waals surface area contributed by atoms with E-state index in [4.69, 9.17) is 12.2 Å². The minimum absolute atomic E-state index is 0.0704. The number of sulfone groups is 1. The Morgan fingerprint density at radius 2 is 2.23 bits per heavy atom. The van der Waals surface area contributed by atoms with Crippen LogP contribution in [-0.4, -0.2) is 44.0 Å². The molecule has 6 heteroatoms. The SMILES string of the molecule is CN(C)C(=S)NC1=CCS(=O)(=O)C1. The van der Waals surface area contributed by atoms with Crippen molar-refractivity contribution in [3.05, 3.63) is 11.8 Å².